The molecule has 0 aliphatic heterocycles. The van der Waals surface area contributed by atoms with E-state index < -0.39 is 11.7 Å². The molecule has 14 heavy (non-hydrogen) atoms. The number of carbonyl (C=O) groups excluding carboxylic acids is 1. The molecule has 0 aliphatic rings. The van der Waals surface area contributed by atoms with Crippen LogP contribution in [0.25, 0.3) is 0 Å². The molecule has 0 aliphatic carbocycles. The van der Waals surface area contributed by atoms with Crippen LogP contribution in [0.4, 0.5) is 10.5 Å². The van der Waals surface area contributed by atoms with E-state index in [1.807, 2.05) is 27.7 Å². The summed E-state index contributed by atoms with van der Waals surface area (Å²) < 4.78 is 5.09. The van der Waals surface area contributed by atoms with Gasteiger partial charge in [-0.05, 0) is 33.3 Å². The van der Waals surface area contributed by atoms with Crippen LogP contribution in [-0.4, -0.2) is 16.7 Å². The quantitative estimate of drug-likeness (QED) is 0.723. The van der Waals surface area contributed by atoms with E-state index in [-0.39, 0.29) is 0 Å². The van der Waals surface area contributed by atoms with E-state index in [0.717, 1.165) is 5.56 Å². The maximum absolute atomic E-state index is 11.3. The van der Waals surface area contributed by atoms with Gasteiger partial charge in [-0.1, -0.05) is 0 Å². The Labute approximate surface area is 83.7 Å². The molecule has 0 unspecified atom stereocenters. The second-order valence-corrected chi connectivity index (χ2v) is 4.08. The number of amides is 1. The van der Waals surface area contributed by atoms with Crippen molar-refractivity contribution in [3.05, 3.63) is 18.0 Å². The van der Waals surface area contributed by atoms with Gasteiger partial charge in [-0.2, -0.15) is 0 Å². The number of ether oxygens (including phenoxy) is 1. The third-order valence-corrected chi connectivity index (χ3v) is 1.52. The first-order chi connectivity index (χ1) is 6.38. The average molecular weight is 195 g/mol. The van der Waals surface area contributed by atoms with Gasteiger partial charge in [0.2, 0.25) is 0 Å². The summed E-state index contributed by atoms with van der Waals surface area (Å²) in [6.07, 6.45) is 4.06. The van der Waals surface area contributed by atoms with Crippen molar-refractivity contribution in [2.24, 2.45) is 0 Å². The molecule has 0 bridgehead atoms. The molecule has 4 nitrogen and oxygen atoms in total. The lowest BCUT2D eigenvalue weighted by Gasteiger charge is -2.19. The fourth-order valence-electron chi connectivity index (χ4n) is 0.935. The maximum atomic E-state index is 11.3. The summed E-state index contributed by atoms with van der Waals surface area (Å²) >= 11 is 0. The van der Waals surface area contributed by atoms with Crippen LogP contribution in [0.2, 0.25) is 0 Å². The fourth-order valence-corrected chi connectivity index (χ4v) is 0.935. The summed E-state index contributed by atoms with van der Waals surface area (Å²) in [6.45, 7) is 7.32. The second kappa shape index (κ2) is 3.74. The molecular weight excluding hydrogens is 180 g/mol. The highest BCUT2D eigenvalue weighted by atomic mass is 16.6. The minimum absolute atomic E-state index is 0.450. The number of nitrogens with one attached hydrogen (secondary N) is 2. The molecule has 1 rings (SSSR count). The van der Waals surface area contributed by atoms with Crippen LogP contribution in [-0.2, 0) is 4.74 Å². The van der Waals surface area contributed by atoms with Crippen molar-refractivity contribution in [3.63, 3.8) is 0 Å². The van der Waals surface area contributed by atoms with Gasteiger partial charge in [0.05, 0.1) is 11.9 Å². The Kier molecular flexibility index (Phi) is 2.84. The molecule has 0 saturated carbocycles. The number of aromatic amines is 1. The van der Waals surface area contributed by atoms with Crippen molar-refractivity contribution in [2.45, 2.75) is 33.3 Å². The largest absolute Gasteiger partial charge is 0.444 e. The van der Waals surface area contributed by atoms with E-state index in [1.165, 1.54) is 0 Å². The molecule has 1 radical (unpaired) electrons. The SMILES string of the molecule is Cc1[c][nH]cc1NC(=O)OC(C)(C)C. The lowest BCUT2D eigenvalue weighted by atomic mass is 10.2. The average Bonchev–Trinajstić information content (AvgIpc) is 2.32. The predicted octanol–water partition coefficient (Wildman–Crippen LogP) is 2.47. The molecule has 1 amide bonds. The van der Waals surface area contributed by atoms with Crippen LogP contribution in [0, 0.1) is 13.1 Å². The first-order valence-electron chi connectivity index (χ1n) is 4.44. The molecule has 2 N–H and O–H groups in total. The van der Waals surface area contributed by atoms with Crippen molar-refractivity contribution in [1.82, 2.24) is 4.98 Å². The van der Waals surface area contributed by atoms with Gasteiger partial charge in [0.1, 0.15) is 5.60 Å². The number of H-pyrrole nitrogens is 1. The van der Waals surface area contributed by atoms with E-state index in [4.69, 9.17) is 4.74 Å². The molecule has 1 aromatic rings. The van der Waals surface area contributed by atoms with Crippen LogP contribution >= 0.6 is 0 Å². The smallest absolute Gasteiger partial charge is 0.412 e. The predicted molar refractivity (Wildman–Crippen MR) is 54.2 cm³/mol. The van der Waals surface area contributed by atoms with E-state index in [0.29, 0.717) is 5.69 Å². The van der Waals surface area contributed by atoms with Gasteiger partial charge < -0.3 is 9.72 Å². The number of carbonyl (C=O) groups is 1. The molecule has 0 atom stereocenters. The van der Waals surface area contributed by atoms with E-state index in [1.54, 1.807) is 6.20 Å². The summed E-state index contributed by atoms with van der Waals surface area (Å²) in [5, 5.41) is 2.62. The lowest BCUT2D eigenvalue weighted by molar-refractivity contribution is 0.0636. The minimum atomic E-state index is -0.474. The molecule has 0 saturated heterocycles. The highest BCUT2D eigenvalue weighted by Gasteiger charge is 2.16. The minimum Gasteiger partial charge on any atom is -0.444 e. The number of anilines is 1. The number of aryl methyl sites for hydroxylation is 1. The normalized spacial score (nSPS) is 11.1. The van der Waals surface area contributed by atoms with Crippen molar-refractivity contribution < 1.29 is 9.53 Å². The zero-order valence-electron chi connectivity index (χ0n) is 8.89. The molecule has 0 fully saturated rings. The molecule has 77 valence electrons. The number of hydrogen-bond donors (Lipinski definition) is 2. The Balaban J connectivity index is 2.54. The van der Waals surface area contributed by atoms with Crippen LogP contribution in [0.1, 0.15) is 26.3 Å². The fraction of sp³-hybridized carbons (Fsp3) is 0.500. The van der Waals surface area contributed by atoms with Crippen LogP contribution < -0.4 is 5.32 Å². The highest BCUT2D eigenvalue weighted by molar-refractivity contribution is 5.85. The first-order valence-corrected chi connectivity index (χ1v) is 4.44. The maximum Gasteiger partial charge on any atom is 0.412 e. The summed E-state index contributed by atoms with van der Waals surface area (Å²) in [5.74, 6) is 0. The van der Waals surface area contributed by atoms with Gasteiger partial charge in [-0.25, -0.2) is 4.79 Å². The van der Waals surface area contributed by atoms with Crippen molar-refractivity contribution in [1.29, 1.82) is 0 Å². The Hall–Kier alpha value is -1.45. The van der Waals surface area contributed by atoms with Crippen molar-refractivity contribution >= 4 is 11.8 Å². The molecular formula is C10H15N2O2. The van der Waals surface area contributed by atoms with Crippen molar-refractivity contribution in [2.75, 3.05) is 5.32 Å². The zero-order valence-corrected chi connectivity index (χ0v) is 8.89. The van der Waals surface area contributed by atoms with E-state index in [2.05, 4.69) is 16.5 Å². The summed E-state index contributed by atoms with van der Waals surface area (Å²) in [7, 11) is 0. The summed E-state index contributed by atoms with van der Waals surface area (Å²) in [4.78, 5) is 14.1. The number of hydrogen-bond acceptors (Lipinski definition) is 2. The molecule has 0 spiro atoms. The van der Waals surface area contributed by atoms with Gasteiger partial charge in [0.25, 0.3) is 0 Å². The Morgan fingerprint density at radius 1 is 1.57 bits per heavy atom. The molecule has 4 heteroatoms. The van der Waals surface area contributed by atoms with Crippen LogP contribution in [0.5, 0.6) is 0 Å². The van der Waals surface area contributed by atoms with Gasteiger partial charge in [0, 0.05) is 6.20 Å². The Morgan fingerprint density at radius 2 is 2.21 bits per heavy atom. The first kappa shape index (κ1) is 10.6. The van der Waals surface area contributed by atoms with Gasteiger partial charge in [0.15, 0.2) is 0 Å². The van der Waals surface area contributed by atoms with Gasteiger partial charge in [-0.3, -0.25) is 5.32 Å². The van der Waals surface area contributed by atoms with E-state index >= 15 is 0 Å². The standard InChI is InChI=1S/C10H15N2O2/c1-7-5-11-6-8(7)12-9(13)14-10(2,3)4/h6,11H,1-4H3,(H,12,13). The summed E-state index contributed by atoms with van der Waals surface area (Å²) in [6, 6.07) is 0. The van der Waals surface area contributed by atoms with Crippen LogP contribution in [0.15, 0.2) is 6.20 Å². The lowest BCUT2D eigenvalue weighted by Crippen LogP contribution is -2.27. The van der Waals surface area contributed by atoms with Crippen LogP contribution in [0.3, 0.4) is 0 Å². The third-order valence-electron chi connectivity index (χ3n) is 1.52. The third kappa shape index (κ3) is 3.12. The Morgan fingerprint density at radius 3 is 2.64 bits per heavy atom. The second-order valence-electron chi connectivity index (χ2n) is 4.08. The number of aromatic nitrogens is 1. The zero-order chi connectivity index (χ0) is 10.8. The molecule has 0 aromatic carbocycles. The topological polar surface area (TPSA) is 54.1 Å². The number of rotatable bonds is 1. The Bertz CT molecular complexity index is 323. The van der Waals surface area contributed by atoms with Gasteiger partial charge in [-0.15, -0.1) is 0 Å². The summed E-state index contributed by atoms with van der Waals surface area (Å²) in [5.41, 5.74) is 1.08. The molecule has 1 heterocycles. The van der Waals surface area contributed by atoms with Gasteiger partial charge >= 0.3 is 6.09 Å². The monoisotopic (exact) mass is 195 g/mol. The molecule has 1 aromatic heterocycles. The van der Waals surface area contributed by atoms with E-state index in [9.17, 15) is 4.79 Å². The van der Waals surface area contributed by atoms with Crippen molar-refractivity contribution in [3.8, 4) is 0 Å². The highest BCUT2D eigenvalue weighted by Crippen LogP contribution is 2.14.